The summed E-state index contributed by atoms with van der Waals surface area (Å²) in [6.45, 7) is 10.1. The molecule has 2 fully saturated rings. The first-order chi connectivity index (χ1) is 14.9. The molecule has 1 N–H and O–H groups in total. The molecule has 8 nitrogen and oxygen atoms in total. The predicted octanol–water partition coefficient (Wildman–Crippen LogP) is 2.90. The summed E-state index contributed by atoms with van der Waals surface area (Å²) < 4.78 is 30.9. The van der Waals surface area contributed by atoms with Gasteiger partial charge >= 0.3 is 7.59 Å². The molecule has 0 bridgehead atoms. The van der Waals surface area contributed by atoms with Gasteiger partial charge < -0.3 is 14.0 Å². The molecule has 1 amide bonds. The van der Waals surface area contributed by atoms with Crippen LogP contribution >= 0.6 is 7.59 Å². The lowest BCUT2D eigenvalue weighted by Crippen LogP contribution is -2.48. The van der Waals surface area contributed by atoms with Crippen LogP contribution in [-0.2, 0) is 14.0 Å². The van der Waals surface area contributed by atoms with Gasteiger partial charge in [0.25, 0.3) is 5.91 Å². The number of carbonyl (C=O) groups excluding carboxylic acids is 1. The molecule has 0 aliphatic carbocycles. The lowest BCUT2D eigenvalue weighted by atomic mass is 10.2. The molecule has 0 spiro atoms. The second kappa shape index (κ2) is 9.27. The van der Waals surface area contributed by atoms with Crippen molar-refractivity contribution in [2.24, 2.45) is 0 Å². The highest BCUT2D eigenvalue weighted by Gasteiger charge is 2.41. The SMILES string of the molecule is Cc1ccc(-n2c(C)cc(C(=O)NP(=O)(N3CCOCC3)N3CCOCC3)c2C)cc1. The van der Waals surface area contributed by atoms with E-state index in [1.54, 1.807) is 0 Å². The molecule has 0 atom stereocenters. The number of aryl methyl sites for hydroxylation is 2. The fourth-order valence-electron chi connectivity index (χ4n) is 4.25. The number of morpholine rings is 2. The highest BCUT2D eigenvalue weighted by Crippen LogP contribution is 2.50. The molecule has 2 aliphatic rings. The number of hydrogen-bond acceptors (Lipinski definition) is 4. The number of ether oxygens (including phenoxy) is 2. The first-order valence-electron chi connectivity index (χ1n) is 10.7. The smallest absolute Gasteiger partial charge is 0.311 e. The topological polar surface area (TPSA) is 76.0 Å². The van der Waals surface area contributed by atoms with Crippen molar-refractivity contribution in [1.82, 2.24) is 19.0 Å². The van der Waals surface area contributed by atoms with Gasteiger partial charge in [-0.05, 0) is 39.0 Å². The van der Waals surface area contributed by atoms with Crippen LogP contribution in [0.4, 0.5) is 0 Å². The summed E-state index contributed by atoms with van der Waals surface area (Å²) in [7, 11) is -3.30. The monoisotopic (exact) mass is 446 g/mol. The molecule has 0 saturated carbocycles. The molecule has 2 aliphatic heterocycles. The Labute approximate surface area is 183 Å². The molecule has 2 aromatic rings. The van der Waals surface area contributed by atoms with Crippen LogP contribution < -0.4 is 5.09 Å². The summed E-state index contributed by atoms with van der Waals surface area (Å²) in [5.41, 5.74) is 4.51. The summed E-state index contributed by atoms with van der Waals surface area (Å²) in [6.07, 6.45) is 0. The molecule has 1 aromatic heterocycles. The van der Waals surface area contributed by atoms with Crippen molar-refractivity contribution in [3.05, 3.63) is 52.8 Å². The van der Waals surface area contributed by atoms with Crippen molar-refractivity contribution in [3.63, 3.8) is 0 Å². The fraction of sp³-hybridized carbons (Fsp3) is 0.500. The van der Waals surface area contributed by atoms with Crippen LogP contribution in [0.5, 0.6) is 0 Å². The van der Waals surface area contributed by atoms with Gasteiger partial charge in [0.2, 0.25) is 0 Å². The number of benzene rings is 1. The van der Waals surface area contributed by atoms with Gasteiger partial charge in [-0.1, -0.05) is 17.7 Å². The zero-order valence-electron chi connectivity index (χ0n) is 18.5. The Morgan fingerprint density at radius 2 is 1.42 bits per heavy atom. The Kier molecular flexibility index (Phi) is 6.65. The van der Waals surface area contributed by atoms with Crippen molar-refractivity contribution in [2.45, 2.75) is 20.8 Å². The van der Waals surface area contributed by atoms with E-state index in [1.165, 1.54) is 5.56 Å². The molecule has 3 heterocycles. The highest BCUT2D eigenvalue weighted by molar-refractivity contribution is 7.57. The summed E-state index contributed by atoms with van der Waals surface area (Å²) in [5.74, 6) is -0.312. The van der Waals surface area contributed by atoms with Crippen LogP contribution in [0.2, 0.25) is 0 Å². The van der Waals surface area contributed by atoms with Crippen LogP contribution in [0, 0.1) is 20.8 Å². The standard InChI is InChI=1S/C22H31N4O4P/c1-17-4-6-20(7-5-17)26-18(2)16-21(19(26)3)22(27)23-31(28,24-8-12-29-13-9-24)25-10-14-30-15-11-25/h4-7,16H,8-15H2,1-3H3,(H,23,27,28). The first-order valence-corrected chi connectivity index (χ1v) is 12.4. The number of nitrogens with zero attached hydrogens (tertiary/aromatic N) is 3. The van der Waals surface area contributed by atoms with Crippen molar-refractivity contribution in [3.8, 4) is 5.69 Å². The van der Waals surface area contributed by atoms with Gasteiger partial charge in [0, 0.05) is 43.3 Å². The third-order valence-corrected chi connectivity index (χ3v) is 8.78. The molecule has 0 radical (unpaired) electrons. The van der Waals surface area contributed by atoms with E-state index >= 15 is 0 Å². The Morgan fingerprint density at radius 3 is 1.94 bits per heavy atom. The van der Waals surface area contributed by atoms with Crippen molar-refractivity contribution < 1.29 is 18.8 Å². The van der Waals surface area contributed by atoms with Gasteiger partial charge in [-0.15, -0.1) is 0 Å². The Bertz CT molecular complexity index is 954. The number of nitrogens with one attached hydrogen (secondary N) is 1. The quantitative estimate of drug-likeness (QED) is 0.712. The highest BCUT2D eigenvalue weighted by atomic mass is 31.2. The van der Waals surface area contributed by atoms with Gasteiger partial charge in [0.15, 0.2) is 0 Å². The number of rotatable bonds is 5. The lowest BCUT2D eigenvalue weighted by Gasteiger charge is -2.41. The molecule has 31 heavy (non-hydrogen) atoms. The number of carbonyl (C=O) groups is 1. The van der Waals surface area contributed by atoms with E-state index < -0.39 is 7.59 Å². The normalized spacial score (nSPS) is 18.8. The molecule has 1 aromatic carbocycles. The first kappa shape index (κ1) is 22.2. The molecular formula is C22H31N4O4P. The van der Waals surface area contributed by atoms with E-state index in [-0.39, 0.29) is 5.91 Å². The van der Waals surface area contributed by atoms with Crippen molar-refractivity contribution in [2.75, 3.05) is 52.6 Å². The van der Waals surface area contributed by atoms with Crippen LogP contribution in [0.1, 0.15) is 27.3 Å². The molecule has 9 heteroatoms. The van der Waals surface area contributed by atoms with E-state index in [9.17, 15) is 9.36 Å². The van der Waals surface area contributed by atoms with Gasteiger partial charge in [0.1, 0.15) is 0 Å². The zero-order valence-corrected chi connectivity index (χ0v) is 19.4. The van der Waals surface area contributed by atoms with Gasteiger partial charge in [-0.3, -0.25) is 14.4 Å². The predicted molar refractivity (Wildman–Crippen MR) is 120 cm³/mol. The zero-order chi connectivity index (χ0) is 22.0. The molecular weight excluding hydrogens is 415 g/mol. The van der Waals surface area contributed by atoms with Crippen LogP contribution in [0.3, 0.4) is 0 Å². The van der Waals surface area contributed by atoms with E-state index in [1.807, 2.05) is 48.3 Å². The van der Waals surface area contributed by atoms with Crippen LogP contribution in [0.25, 0.3) is 5.69 Å². The number of hydrogen-bond donors (Lipinski definition) is 1. The van der Waals surface area contributed by atoms with Crippen molar-refractivity contribution >= 4 is 13.5 Å². The van der Waals surface area contributed by atoms with Gasteiger partial charge in [-0.25, -0.2) is 9.34 Å². The summed E-state index contributed by atoms with van der Waals surface area (Å²) in [4.78, 5) is 13.4. The van der Waals surface area contributed by atoms with Gasteiger partial charge in [0.05, 0.1) is 32.0 Å². The molecule has 0 unspecified atom stereocenters. The average Bonchev–Trinajstić information content (AvgIpc) is 3.09. The van der Waals surface area contributed by atoms with Crippen LogP contribution in [-0.4, -0.2) is 72.4 Å². The Balaban J connectivity index is 1.63. The minimum Gasteiger partial charge on any atom is -0.379 e. The van der Waals surface area contributed by atoms with E-state index in [0.717, 1.165) is 17.1 Å². The van der Waals surface area contributed by atoms with Crippen molar-refractivity contribution in [1.29, 1.82) is 0 Å². The third kappa shape index (κ3) is 4.49. The number of aromatic nitrogens is 1. The van der Waals surface area contributed by atoms with E-state index in [0.29, 0.717) is 58.2 Å². The Hall–Kier alpha value is -1.96. The fourth-order valence-corrected chi connectivity index (χ4v) is 6.68. The minimum atomic E-state index is -3.30. The second-order valence-corrected chi connectivity index (χ2v) is 10.5. The maximum Gasteiger partial charge on any atom is 0.311 e. The molecule has 4 rings (SSSR count). The summed E-state index contributed by atoms with van der Waals surface area (Å²) in [6, 6.07) is 10.1. The third-order valence-electron chi connectivity index (χ3n) is 5.96. The van der Waals surface area contributed by atoms with E-state index in [2.05, 4.69) is 21.8 Å². The number of amides is 1. The van der Waals surface area contributed by atoms with Gasteiger partial charge in [-0.2, -0.15) is 0 Å². The second-order valence-electron chi connectivity index (χ2n) is 8.07. The van der Waals surface area contributed by atoms with Crippen LogP contribution in [0.15, 0.2) is 30.3 Å². The lowest BCUT2D eigenvalue weighted by molar-refractivity contribution is 0.0505. The minimum absolute atomic E-state index is 0.312. The molecule has 168 valence electrons. The Morgan fingerprint density at radius 1 is 0.903 bits per heavy atom. The maximum atomic E-state index is 14.2. The largest absolute Gasteiger partial charge is 0.379 e. The summed E-state index contributed by atoms with van der Waals surface area (Å²) >= 11 is 0. The summed E-state index contributed by atoms with van der Waals surface area (Å²) in [5, 5.41) is 2.94. The molecule has 2 saturated heterocycles. The van der Waals surface area contributed by atoms with E-state index in [4.69, 9.17) is 9.47 Å². The average molecular weight is 446 g/mol. The maximum absolute atomic E-state index is 14.2.